The van der Waals surface area contributed by atoms with E-state index in [2.05, 4.69) is 15.0 Å². The topological polar surface area (TPSA) is 38.7 Å². The summed E-state index contributed by atoms with van der Waals surface area (Å²) in [7, 11) is 0. The maximum Gasteiger partial charge on any atom is 0.178 e. The van der Waals surface area contributed by atoms with Crippen LogP contribution in [-0.2, 0) is 0 Å². The quantitative estimate of drug-likeness (QED) is 0.677. The van der Waals surface area contributed by atoms with Crippen molar-refractivity contribution in [3.8, 4) is 11.4 Å². The summed E-state index contributed by atoms with van der Waals surface area (Å²) < 4.78 is 12.7. The van der Waals surface area contributed by atoms with Gasteiger partial charge in [0, 0.05) is 18.0 Å². The number of halogens is 2. The molecule has 0 fully saturated rings. The molecular formula is C9H5ClFN3. The van der Waals surface area contributed by atoms with Crippen molar-refractivity contribution in [2.24, 2.45) is 0 Å². The second-order valence-corrected chi connectivity index (χ2v) is 2.93. The van der Waals surface area contributed by atoms with Gasteiger partial charge in [-0.15, -0.1) is 0 Å². The molecule has 0 bridgehead atoms. The van der Waals surface area contributed by atoms with Crippen LogP contribution < -0.4 is 0 Å². The Hall–Kier alpha value is -1.55. The highest BCUT2D eigenvalue weighted by molar-refractivity contribution is 6.29. The van der Waals surface area contributed by atoms with Crippen LogP contribution in [0.5, 0.6) is 0 Å². The zero-order valence-corrected chi connectivity index (χ0v) is 7.74. The SMILES string of the molecule is Fc1cnc(-c2cccnc2)nc1Cl. The molecule has 2 rings (SSSR count). The average Bonchev–Trinajstić information content (AvgIpc) is 2.23. The molecule has 0 aliphatic rings. The van der Waals surface area contributed by atoms with Crippen LogP contribution in [0.3, 0.4) is 0 Å². The van der Waals surface area contributed by atoms with Crippen LogP contribution >= 0.6 is 11.6 Å². The minimum atomic E-state index is -0.626. The van der Waals surface area contributed by atoms with Gasteiger partial charge in [-0.1, -0.05) is 11.6 Å². The molecule has 0 aliphatic carbocycles. The fraction of sp³-hybridized carbons (Fsp3) is 0. The smallest absolute Gasteiger partial charge is 0.178 e. The van der Waals surface area contributed by atoms with Gasteiger partial charge in [0.25, 0.3) is 0 Å². The minimum absolute atomic E-state index is 0.182. The van der Waals surface area contributed by atoms with Crippen LogP contribution in [0.25, 0.3) is 11.4 Å². The number of pyridine rings is 1. The molecule has 2 aromatic rings. The third-order valence-corrected chi connectivity index (χ3v) is 1.89. The molecule has 0 amide bonds. The summed E-state index contributed by atoms with van der Waals surface area (Å²) in [5, 5.41) is -0.182. The second kappa shape index (κ2) is 3.67. The van der Waals surface area contributed by atoms with Crippen molar-refractivity contribution >= 4 is 11.6 Å². The molecule has 0 unspecified atom stereocenters. The van der Waals surface area contributed by atoms with E-state index in [-0.39, 0.29) is 5.15 Å². The summed E-state index contributed by atoms with van der Waals surface area (Å²) >= 11 is 5.52. The third kappa shape index (κ3) is 1.70. The highest BCUT2D eigenvalue weighted by Gasteiger charge is 2.05. The second-order valence-electron chi connectivity index (χ2n) is 2.57. The van der Waals surface area contributed by atoms with Crippen LogP contribution in [0.2, 0.25) is 5.15 Å². The first-order valence-corrected chi connectivity index (χ1v) is 4.23. The maximum atomic E-state index is 12.7. The first-order chi connectivity index (χ1) is 6.77. The Kier molecular flexibility index (Phi) is 2.37. The van der Waals surface area contributed by atoms with E-state index >= 15 is 0 Å². The molecule has 0 aliphatic heterocycles. The number of nitrogens with zero attached hydrogens (tertiary/aromatic N) is 3. The standard InChI is InChI=1S/C9H5ClFN3/c10-8-7(11)5-13-9(14-8)6-2-1-3-12-4-6/h1-5H. The molecule has 3 nitrogen and oxygen atoms in total. The lowest BCUT2D eigenvalue weighted by molar-refractivity contribution is 0.615. The van der Waals surface area contributed by atoms with E-state index in [9.17, 15) is 4.39 Å². The highest BCUT2D eigenvalue weighted by atomic mass is 35.5. The van der Waals surface area contributed by atoms with Gasteiger partial charge in [0.15, 0.2) is 16.8 Å². The van der Waals surface area contributed by atoms with Crippen molar-refractivity contribution in [3.05, 3.63) is 41.7 Å². The number of aromatic nitrogens is 3. The van der Waals surface area contributed by atoms with E-state index in [1.807, 2.05) is 0 Å². The van der Waals surface area contributed by atoms with Crippen molar-refractivity contribution in [1.82, 2.24) is 15.0 Å². The molecule has 0 atom stereocenters. The monoisotopic (exact) mass is 209 g/mol. The largest absolute Gasteiger partial charge is 0.264 e. The minimum Gasteiger partial charge on any atom is -0.264 e. The van der Waals surface area contributed by atoms with Crippen LogP contribution in [0.15, 0.2) is 30.7 Å². The molecule has 0 radical (unpaired) electrons. The fourth-order valence-corrected chi connectivity index (χ4v) is 1.11. The molecule has 0 saturated carbocycles. The van der Waals surface area contributed by atoms with Gasteiger partial charge in [0.1, 0.15) is 0 Å². The lowest BCUT2D eigenvalue weighted by Gasteiger charge is -1.99. The van der Waals surface area contributed by atoms with E-state index in [0.717, 1.165) is 6.20 Å². The lowest BCUT2D eigenvalue weighted by atomic mass is 10.3. The fourth-order valence-electron chi connectivity index (χ4n) is 0.980. The van der Waals surface area contributed by atoms with Crippen LogP contribution in [0.4, 0.5) is 4.39 Å². The van der Waals surface area contributed by atoms with E-state index in [1.54, 1.807) is 24.5 Å². The summed E-state index contributed by atoms with van der Waals surface area (Å²) in [6.45, 7) is 0. The van der Waals surface area contributed by atoms with Crippen molar-refractivity contribution in [2.45, 2.75) is 0 Å². The van der Waals surface area contributed by atoms with Crippen molar-refractivity contribution in [1.29, 1.82) is 0 Å². The molecule has 0 saturated heterocycles. The summed E-state index contributed by atoms with van der Waals surface area (Å²) in [5.41, 5.74) is 0.703. The Morgan fingerprint density at radius 3 is 2.79 bits per heavy atom. The molecule has 0 aromatic carbocycles. The summed E-state index contributed by atoms with van der Waals surface area (Å²) in [5.74, 6) is -0.260. The number of hydrogen-bond acceptors (Lipinski definition) is 3. The Morgan fingerprint density at radius 2 is 2.14 bits per heavy atom. The van der Waals surface area contributed by atoms with Gasteiger partial charge in [-0.2, -0.15) is 0 Å². The lowest BCUT2D eigenvalue weighted by Crippen LogP contribution is -1.92. The summed E-state index contributed by atoms with van der Waals surface area (Å²) in [4.78, 5) is 11.5. The van der Waals surface area contributed by atoms with E-state index < -0.39 is 5.82 Å². The molecule has 14 heavy (non-hydrogen) atoms. The molecule has 0 N–H and O–H groups in total. The van der Waals surface area contributed by atoms with Gasteiger partial charge >= 0.3 is 0 Å². The van der Waals surface area contributed by atoms with E-state index in [4.69, 9.17) is 11.6 Å². The zero-order chi connectivity index (χ0) is 9.97. The third-order valence-electron chi connectivity index (χ3n) is 1.62. The Labute approximate surface area is 84.6 Å². The summed E-state index contributed by atoms with van der Waals surface area (Å²) in [6.07, 6.45) is 4.26. The van der Waals surface area contributed by atoms with E-state index in [0.29, 0.717) is 11.4 Å². The Bertz CT molecular complexity index is 447. The van der Waals surface area contributed by atoms with Gasteiger partial charge in [0.2, 0.25) is 0 Å². The Balaban J connectivity index is 2.48. The first kappa shape index (κ1) is 9.02. The van der Waals surface area contributed by atoms with Crippen molar-refractivity contribution < 1.29 is 4.39 Å². The molecule has 0 spiro atoms. The van der Waals surface area contributed by atoms with Gasteiger partial charge in [-0.25, -0.2) is 14.4 Å². The average molecular weight is 210 g/mol. The van der Waals surface area contributed by atoms with Crippen molar-refractivity contribution in [2.75, 3.05) is 0 Å². The first-order valence-electron chi connectivity index (χ1n) is 3.86. The number of hydrogen-bond donors (Lipinski definition) is 0. The Morgan fingerprint density at radius 1 is 1.29 bits per heavy atom. The van der Waals surface area contributed by atoms with Crippen LogP contribution in [-0.4, -0.2) is 15.0 Å². The van der Waals surface area contributed by atoms with Gasteiger partial charge in [-0.3, -0.25) is 4.98 Å². The molecule has 5 heteroatoms. The van der Waals surface area contributed by atoms with Gasteiger partial charge in [0.05, 0.1) is 6.20 Å². The van der Waals surface area contributed by atoms with Crippen LogP contribution in [0.1, 0.15) is 0 Å². The summed E-state index contributed by atoms with van der Waals surface area (Å²) in [6, 6.07) is 3.52. The highest BCUT2D eigenvalue weighted by Crippen LogP contribution is 2.16. The normalized spacial score (nSPS) is 10.1. The molecule has 2 heterocycles. The maximum absolute atomic E-state index is 12.7. The molecule has 2 aromatic heterocycles. The molecule has 70 valence electrons. The van der Waals surface area contributed by atoms with Gasteiger partial charge < -0.3 is 0 Å². The predicted molar refractivity (Wildman–Crippen MR) is 50.2 cm³/mol. The molecular weight excluding hydrogens is 205 g/mol. The predicted octanol–water partition coefficient (Wildman–Crippen LogP) is 2.33. The van der Waals surface area contributed by atoms with E-state index in [1.165, 1.54) is 0 Å². The van der Waals surface area contributed by atoms with Gasteiger partial charge in [-0.05, 0) is 12.1 Å². The van der Waals surface area contributed by atoms with Crippen molar-refractivity contribution in [3.63, 3.8) is 0 Å². The zero-order valence-electron chi connectivity index (χ0n) is 6.98. The van der Waals surface area contributed by atoms with Crippen LogP contribution in [0, 0.1) is 5.82 Å². The number of rotatable bonds is 1.